The van der Waals surface area contributed by atoms with Gasteiger partial charge in [0, 0.05) is 50.4 Å². The average molecular weight is 893 g/mol. The molecule has 0 spiro atoms. The van der Waals surface area contributed by atoms with Crippen LogP contribution in [-0.4, -0.2) is 6.10 Å². The Kier molecular flexibility index (Phi) is 9.39. The molecule has 4 nitrogen and oxygen atoms in total. The van der Waals surface area contributed by atoms with E-state index in [1.165, 1.54) is 71.4 Å². The minimum Gasteiger partial charge on any atom is -0.483 e. The summed E-state index contributed by atoms with van der Waals surface area (Å²) in [5.41, 5.74) is 15.5. The van der Waals surface area contributed by atoms with Gasteiger partial charge in [0.1, 0.15) is 17.4 Å². The molecule has 3 aliphatic rings. The van der Waals surface area contributed by atoms with Crippen molar-refractivity contribution < 1.29 is 9.15 Å². The molecule has 9 aromatic carbocycles. The highest BCUT2D eigenvalue weighted by molar-refractivity contribution is 6.18. The normalized spacial score (nSPS) is 17.1. The highest BCUT2D eigenvalue weighted by Crippen LogP contribution is 2.53. The third-order valence-corrected chi connectivity index (χ3v) is 15.6. The summed E-state index contributed by atoms with van der Waals surface area (Å²) in [6.45, 7) is 14.2. The topological polar surface area (TPSA) is 28.9 Å². The Labute approximate surface area is 403 Å². The van der Waals surface area contributed by atoms with Crippen LogP contribution in [0.3, 0.4) is 0 Å². The van der Waals surface area contributed by atoms with Crippen molar-refractivity contribution in [2.24, 2.45) is 0 Å². The maximum Gasteiger partial charge on any atom is 0.159 e. The van der Waals surface area contributed by atoms with E-state index in [-0.39, 0.29) is 11.5 Å². The number of para-hydroxylation sites is 4. The minimum absolute atomic E-state index is 0.0844. The second-order valence-electron chi connectivity index (χ2n) is 19.6. The number of benzene rings is 9. The predicted octanol–water partition coefficient (Wildman–Crippen LogP) is 17.7. The van der Waals surface area contributed by atoms with Crippen molar-refractivity contribution in [2.45, 2.75) is 58.0 Å². The molecule has 2 heterocycles. The van der Waals surface area contributed by atoms with Crippen molar-refractivity contribution in [3.8, 4) is 5.75 Å². The van der Waals surface area contributed by atoms with Crippen LogP contribution in [0.1, 0.15) is 61.8 Å². The number of ether oxygens (including phenoxy) is 1. The predicted molar refractivity (Wildman–Crippen MR) is 289 cm³/mol. The van der Waals surface area contributed by atoms with Crippen LogP contribution in [0.4, 0.5) is 22.7 Å². The van der Waals surface area contributed by atoms with Gasteiger partial charge in [0.25, 0.3) is 0 Å². The summed E-state index contributed by atoms with van der Waals surface area (Å²) in [5.74, 6) is 1.30. The molecule has 0 amide bonds. The molecule has 2 aliphatic carbocycles. The highest BCUT2D eigenvalue weighted by atomic mass is 16.5. The van der Waals surface area contributed by atoms with Crippen molar-refractivity contribution in [3.63, 3.8) is 0 Å². The molecule has 0 bridgehead atoms. The van der Waals surface area contributed by atoms with E-state index in [1.54, 1.807) is 0 Å². The van der Waals surface area contributed by atoms with Gasteiger partial charge < -0.3 is 19.0 Å². The van der Waals surface area contributed by atoms with Crippen LogP contribution < -0.4 is 14.5 Å². The van der Waals surface area contributed by atoms with Gasteiger partial charge in [-0.25, -0.2) is 0 Å². The first-order valence-corrected chi connectivity index (χ1v) is 24.3. The minimum atomic E-state index is -0.238. The van der Waals surface area contributed by atoms with Crippen molar-refractivity contribution in [1.82, 2.24) is 0 Å². The number of nitrogens with zero attached hydrogens (tertiary/aromatic N) is 2. The smallest absolute Gasteiger partial charge is 0.159 e. The molecule has 1 aromatic heterocycles. The first-order chi connectivity index (χ1) is 33.7. The Bertz CT molecular complexity index is 3870. The molecule has 0 fully saturated rings. The Morgan fingerprint density at radius 1 is 0.652 bits per heavy atom. The standard InChI is InChI=1S/C65H52N2O2/c1-40(66(45-20-7-6-8-21-45)57-28-16-25-53-50-22-11-13-30-59(50)68-63(53)57)32-36-49-42(3)65(4,5)56-27-15-24-52-55-39-47(35-37-48(55)41(2)61(49)62(52)56)67(46-34-33-43-18-9-10-19-44(43)38-46)58-29-17-26-54-51-23-12-14-31-60(51)69-64(54)58/h6-16,18-25,27-39,54,64H,1,17,26H2,2-5H3/b36-32-. The quantitative estimate of drug-likeness (QED) is 0.112. The Morgan fingerprint density at radius 2 is 1.38 bits per heavy atom. The summed E-state index contributed by atoms with van der Waals surface area (Å²) in [4.78, 5) is 4.71. The number of rotatable bonds is 8. The summed E-state index contributed by atoms with van der Waals surface area (Å²) >= 11 is 0. The van der Waals surface area contributed by atoms with Crippen molar-refractivity contribution in [3.05, 3.63) is 240 Å². The van der Waals surface area contributed by atoms with Gasteiger partial charge in [-0.05, 0) is 142 Å². The maximum atomic E-state index is 6.91. The fourth-order valence-corrected chi connectivity index (χ4v) is 11.9. The van der Waals surface area contributed by atoms with Gasteiger partial charge in [-0.3, -0.25) is 0 Å². The molecular weight excluding hydrogens is 841 g/mol. The van der Waals surface area contributed by atoms with E-state index in [4.69, 9.17) is 15.7 Å². The largest absolute Gasteiger partial charge is 0.483 e. The van der Waals surface area contributed by atoms with E-state index in [0.29, 0.717) is 5.92 Å². The number of hydrogen-bond donors (Lipinski definition) is 0. The Balaban J connectivity index is 0.959. The molecule has 0 radical (unpaired) electrons. The summed E-state index contributed by atoms with van der Waals surface area (Å²) in [6, 6.07) is 63.4. The molecule has 69 heavy (non-hydrogen) atoms. The molecule has 0 N–H and O–H groups in total. The third kappa shape index (κ3) is 6.35. The lowest BCUT2D eigenvalue weighted by Crippen LogP contribution is -2.34. The molecule has 0 saturated carbocycles. The van der Waals surface area contributed by atoms with Crippen LogP contribution in [0.5, 0.6) is 5.75 Å². The summed E-state index contributed by atoms with van der Waals surface area (Å²) < 4.78 is 13.5. The molecule has 0 saturated heterocycles. The number of aryl methyl sites for hydroxylation is 1. The lowest BCUT2D eigenvalue weighted by Gasteiger charge is -2.37. The Hall–Kier alpha value is -8.08. The zero-order valence-corrected chi connectivity index (χ0v) is 39.5. The highest BCUT2D eigenvalue weighted by Gasteiger charge is 2.41. The van der Waals surface area contributed by atoms with Crippen molar-refractivity contribution >= 4 is 82.6 Å². The van der Waals surface area contributed by atoms with Gasteiger partial charge in [-0.1, -0.05) is 159 Å². The average Bonchev–Trinajstić information content (AvgIpc) is 3.97. The number of furan rings is 1. The van der Waals surface area contributed by atoms with Gasteiger partial charge in [0.05, 0.1) is 11.4 Å². The van der Waals surface area contributed by atoms with Crippen LogP contribution in [0.15, 0.2) is 222 Å². The van der Waals surface area contributed by atoms with Crippen LogP contribution >= 0.6 is 0 Å². The Morgan fingerprint density at radius 3 is 2.26 bits per heavy atom. The maximum absolute atomic E-state index is 6.91. The third-order valence-electron chi connectivity index (χ3n) is 15.6. The molecule has 334 valence electrons. The summed E-state index contributed by atoms with van der Waals surface area (Å²) in [7, 11) is 0. The molecule has 2 atom stereocenters. The van der Waals surface area contributed by atoms with Gasteiger partial charge in [0.15, 0.2) is 5.58 Å². The zero-order chi connectivity index (χ0) is 46.5. The number of anilines is 4. The van der Waals surface area contributed by atoms with Gasteiger partial charge in [0.2, 0.25) is 0 Å². The van der Waals surface area contributed by atoms with Gasteiger partial charge in [-0.2, -0.15) is 0 Å². The second-order valence-corrected chi connectivity index (χ2v) is 19.6. The van der Waals surface area contributed by atoms with Gasteiger partial charge >= 0.3 is 0 Å². The van der Waals surface area contributed by atoms with E-state index >= 15 is 0 Å². The number of fused-ring (bicyclic) bond motifs is 9. The molecule has 4 heteroatoms. The van der Waals surface area contributed by atoms with Crippen LogP contribution in [0, 0.1) is 6.92 Å². The first-order valence-electron chi connectivity index (χ1n) is 24.3. The van der Waals surface area contributed by atoms with E-state index in [0.717, 1.165) is 69.0 Å². The van der Waals surface area contributed by atoms with E-state index in [1.807, 2.05) is 12.1 Å². The lowest BCUT2D eigenvalue weighted by atomic mass is 9.67. The van der Waals surface area contributed by atoms with Crippen molar-refractivity contribution in [1.29, 1.82) is 0 Å². The molecule has 2 unspecified atom stereocenters. The van der Waals surface area contributed by atoms with Crippen LogP contribution in [-0.2, 0) is 5.41 Å². The monoisotopic (exact) mass is 892 g/mol. The molecule has 10 aromatic rings. The molecule has 13 rings (SSSR count). The first kappa shape index (κ1) is 41.1. The fourth-order valence-electron chi connectivity index (χ4n) is 11.9. The van der Waals surface area contributed by atoms with Crippen molar-refractivity contribution in [2.75, 3.05) is 9.80 Å². The zero-order valence-electron chi connectivity index (χ0n) is 39.5. The molecule has 1 aliphatic heterocycles. The fraction of sp³-hybridized carbons (Fsp3) is 0.138. The molecular formula is C65H52N2O2. The lowest BCUT2D eigenvalue weighted by molar-refractivity contribution is 0.228. The van der Waals surface area contributed by atoms with E-state index in [2.05, 4.69) is 220 Å². The number of allylic oxidation sites excluding steroid dienone is 5. The van der Waals surface area contributed by atoms with E-state index in [9.17, 15) is 0 Å². The summed E-state index contributed by atoms with van der Waals surface area (Å²) in [6.07, 6.45) is 8.92. The SMILES string of the molecule is C=C(/C=C\C1=C(C)C(C)(C)c2cccc3c2c1c(C)c1ccc(N(C2=CCCC4c5ccccc5OC24)c2ccc4ccccc4c2)cc13)N(c1ccccc1)c1cccc2c1oc1ccccc12. The van der Waals surface area contributed by atoms with Crippen LogP contribution in [0.25, 0.3) is 59.8 Å². The number of hydrogen-bond acceptors (Lipinski definition) is 4. The summed E-state index contributed by atoms with van der Waals surface area (Å²) in [5, 5.41) is 9.70. The van der Waals surface area contributed by atoms with Crippen LogP contribution in [0.2, 0.25) is 0 Å². The van der Waals surface area contributed by atoms with E-state index < -0.39 is 0 Å². The van der Waals surface area contributed by atoms with Gasteiger partial charge in [-0.15, -0.1) is 0 Å². The second kappa shape index (κ2) is 15.8.